The van der Waals surface area contributed by atoms with E-state index in [9.17, 15) is 4.79 Å². The summed E-state index contributed by atoms with van der Waals surface area (Å²) < 4.78 is 0.912. The Morgan fingerprint density at radius 3 is 1.50 bits per heavy atom. The summed E-state index contributed by atoms with van der Waals surface area (Å²) in [5.74, 6) is -0.155. The molecule has 0 unspecified atom stereocenters. The minimum Gasteiger partial charge on any atom is -0.314 e. The average Bonchev–Trinajstić information content (AvgIpc) is 3.38. The minimum atomic E-state index is -0.155. The Hall–Kier alpha value is -1.51. The maximum Gasteiger partial charge on any atom is 0.266 e. The normalized spacial score (nSPS) is 10.7. The fourth-order valence-electron chi connectivity index (χ4n) is 2.64. The second-order valence-corrected chi connectivity index (χ2v) is 12.5. The zero-order chi connectivity index (χ0) is 23.9. The van der Waals surface area contributed by atoms with E-state index in [-0.39, 0.29) is 5.91 Å². The summed E-state index contributed by atoms with van der Waals surface area (Å²) in [6, 6.07) is 26.4. The Balaban J connectivity index is 1.75. The van der Waals surface area contributed by atoms with E-state index in [0.717, 1.165) is 24.0 Å². The van der Waals surface area contributed by atoms with E-state index in [2.05, 4.69) is 5.32 Å². The number of rotatable bonds is 8. The van der Waals surface area contributed by atoms with Crippen molar-refractivity contribution in [3.63, 3.8) is 0 Å². The predicted octanol–water partition coefficient (Wildman–Crippen LogP) is 9.94. The summed E-state index contributed by atoms with van der Waals surface area (Å²) in [6.45, 7) is 0. The Labute approximate surface area is 230 Å². The molecule has 1 N–H and O–H groups in total. The van der Waals surface area contributed by atoms with Crippen LogP contribution in [-0.2, 0) is 0 Å². The zero-order valence-electron chi connectivity index (χ0n) is 17.3. The number of carbonyl (C=O) groups is 1. The Morgan fingerprint density at radius 2 is 1.09 bits per heavy atom. The number of carbonyl (C=O) groups excluding carboxylic acids is 1. The Morgan fingerprint density at radius 1 is 0.647 bits per heavy atom. The van der Waals surface area contributed by atoms with Crippen molar-refractivity contribution >= 4 is 87.3 Å². The molecular weight excluding hydrogens is 565 g/mol. The predicted molar refractivity (Wildman–Crippen MR) is 151 cm³/mol. The van der Waals surface area contributed by atoms with Crippen molar-refractivity contribution in [1.82, 2.24) is 5.32 Å². The van der Waals surface area contributed by atoms with Crippen molar-refractivity contribution in [1.29, 1.82) is 0 Å². The van der Waals surface area contributed by atoms with Gasteiger partial charge in [-0.15, -0.1) is 11.3 Å². The molecule has 0 aliphatic rings. The molecule has 0 fully saturated rings. The van der Waals surface area contributed by atoms with Gasteiger partial charge in [-0.25, -0.2) is 0 Å². The molecule has 4 rings (SSSR count). The minimum absolute atomic E-state index is 0.155. The smallest absolute Gasteiger partial charge is 0.266 e. The molecule has 9 heteroatoms. The largest absolute Gasteiger partial charge is 0.314 e. The molecule has 0 atom stereocenters. The zero-order valence-corrected chi connectivity index (χ0v) is 22.9. The second-order valence-electron chi connectivity index (χ2n) is 6.72. The molecule has 2 nitrogen and oxygen atoms in total. The summed E-state index contributed by atoms with van der Waals surface area (Å²) >= 11 is 24.3. The van der Waals surface area contributed by atoms with Crippen LogP contribution in [0.15, 0.2) is 114 Å². The molecule has 0 aliphatic heterocycles. The standard InChI is InChI=1S/C25H16Cl3NOS4/c26-16-3-9-19(10-4-16)32-24(29-23(30)22-2-1-15-31-22)25(33-20-11-5-17(27)6-12-20)34-21-13-7-18(28)8-14-21/h1-15H,(H,29,30). The van der Waals surface area contributed by atoms with Crippen molar-refractivity contribution in [3.8, 4) is 0 Å². The van der Waals surface area contributed by atoms with Crippen molar-refractivity contribution in [2.75, 3.05) is 0 Å². The number of halogens is 3. The van der Waals surface area contributed by atoms with Crippen LogP contribution in [0.25, 0.3) is 0 Å². The molecule has 1 aromatic heterocycles. The molecule has 3 aromatic carbocycles. The topological polar surface area (TPSA) is 29.1 Å². The number of benzene rings is 3. The lowest BCUT2D eigenvalue weighted by atomic mass is 10.4. The second kappa shape index (κ2) is 12.5. The van der Waals surface area contributed by atoms with Gasteiger partial charge in [0.15, 0.2) is 0 Å². The monoisotopic (exact) mass is 579 g/mol. The molecule has 0 aliphatic carbocycles. The third-order valence-electron chi connectivity index (χ3n) is 4.24. The van der Waals surface area contributed by atoms with Crippen molar-refractivity contribution in [2.24, 2.45) is 0 Å². The van der Waals surface area contributed by atoms with Gasteiger partial charge in [-0.1, -0.05) is 76.2 Å². The summed E-state index contributed by atoms with van der Waals surface area (Å²) in [6.07, 6.45) is 0. The van der Waals surface area contributed by atoms with Crippen LogP contribution in [0, 0.1) is 0 Å². The molecule has 0 spiro atoms. The lowest BCUT2D eigenvalue weighted by Gasteiger charge is -2.16. The van der Waals surface area contributed by atoms with Gasteiger partial charge in [0.2, 0.25) is 0 Å². The molecule has 0 saturated carbocycles. The van der Waals surface area contributed by atoms with Gasteiger partial charge < -0.3 is 5.32 Å². The number of amides is 1. The van der Waals surface area contributed by atoms with Crippen LogP contribution in [-0.4, -0.2) is 5.91 Å². The quantitative estimate of drug-likeness (QED) is 0.210. The first kappa shape index (κ1) is 25.6. The van der Waals surface area contributed by atoms with Gasteiger partial charge in [-0.3, -0.25) is 4.79 Å². The summed E-state index contributed by atoms with van der Waals surface area (Å²) in [5.41, 5.74) is 0. The third kappa shape index (κ3) is 7.49. The molecule has 1 amide bonds. The van der Waals surface area contributed by atoms with Gasteiger partial charge >= 0.3 is 0 Å². The summed E-state index contributed by atoms with van der Waals surface area (Å²) in [4.78, 5) is 16.6. The van der Waals surface area contributed by atoms with Gasteiger partial charge in [0.05, 0.1) is 9.11 Å². The van der Waals surface area contributed by atoms with E-state index in [1.165, 1.54) is 23.1 Å². The van der Waals surface area contributed by atoms with Crippen LogP contribution in [0.2, 0.25) is 15.1 Å². The van der Waals surface area contributed by atoms with Crippen molar-refractivity contribution < 1.29 is 4.79 Å². The van der Waals surface area contributed by atoms with E-state index in [4.69, 9.17) is 34.8 Å². The van der Waals surface area contributed by atoms with Crippen LogP contribution < -0.4 is 5.32 Å². The van der Waals surface area contributed by atoms with Crippen LogP contribution in [0.1, 0.15) is 9.67 Å². The Kier molecular flexibility index (Phi) is 9.37. The fourth-order valence-corrected chi connectivity index (χ4v) is 6.88. The number of hydrogen-bond donors (Lipinski definition) is 1. The van der Waals surface area contributed by atoms with Gasteiger partial charge in [-0.2, -0.15) is 0 Å². The van der Waals surface area contributed by atoms with Gasteiger partial charge in [-0.05, 0) is 84.2 Å². The molecule has 4 aromatic rings. The molecule has 34 heavy (non-hydrogen) atoms. The average molecular weight is 581 g/mol. The highest BCUT2D eigenvalue weighted by molar-refractivity contribution is 8.23. The third-order valence-corrected chi connectivity index (χ3v) is 9.44. The van der Waals surface area contributed by atoms with Gasteiger partial charge in [0.25, 0.3) is 5.91 Å². The molecule has 0 bridgehead atoms. The van der Waals surface area contributed by atoms with Crippen molar-refractivity contribution in [3.05, 3.63) is 120 Å². The van der Waals surface area contributed by atoms with Crippen LogP contribution in [0.5, 0.6) is 0 Å². The number of thiophene rings is 1. The maximum atomic E-state index is 13.0. The van der Waals surface area contributed by atoms with E-state index in [0.29, 0.717) is 19.9 Å². The van der Waals surface area contributed by atoms with Crippen LogP contribution in [0.3, 0.4) is 0 Å². The fraction of sp³-hybridized carbons (Fsp3) is 0. The summed E-state index contributed by atoms with van der Waals surface area (Å²) in [5, 5.41) is 7.73. The number of thioether (sulfide) groups is 3. The molecule has 0 radical (unpaired) electrons. The van der Waals surface area contributed by atoms with Crippen molar-refractivity contribution in [2.45, 2.75) is 14.7 Å². The first-order chi connectivity index (χ1) is 16.5. The Bertz CT molecular complexity index is 1220. The molecule has 172 valence electrons. The van der Waals surface area contributed by atoms with Gasteiger partial charge in [0.1, 0.15) is 5.03 Å². The SMILES string of the molecule is O=C(NC(Sc1ccc(Cl)cc1)=C(Sc1ccc(Cl)cc1)Sc1ccc(Cl)cc1)c1cccs1. The summed E-state index contributed by atoms with van der Waals surface area (Å²) in [7, 11) is 0. The first-order valence-corrected chi connectivity index (χ1v) is 14.3. The van der Waals surface area contributed by atoms with Gasteiger partial charge in [0, 0.05) is 29.8 Å². The number of nitrogens with one attached hydrogen (secondary N) is 1. The van der Waals surface area contributed by atoms with E-state index >= 15 is 0 Å². The van der Waals surface area contributed by atoms with E-state index in [1.807, 2.05) is 90.3 Å². The lowest BCUT2D eigenvalue weighted by Crippen LogP contribution is -2.21. The first-order valence-electron chi connectivity index (χ1n) is 9.86. The maximum absolute atomic E-state index is 13.0. The van der Waals surface area contributed by atoms with E-state index < -0.39 is 0 Å². The molecule has 1 heterocycles. The molecular formula is C25H16Cl3NOS4. The highest BCUT2D eigenvalue weighted by Crippen LogP contribution is 2.45. The molecule has 0 saturated heterocycles. The van der Waals surface area contributed by atoms with Crippen LogP contribution >= 0.6 is 81.4 Å². The number of hydrogen-bond acceptors (Lipinski definition) is 5. The van der Waals surface area contributed by atoms with Crippen LogP contribution in [0.4, 0.5) is 0 Å². The lowest BCUT2D eigenvalue weighted by molar-refractivity contribution is 0.0973. The van der Waals surface area contributed by atoms with E-state index in [1.54, 1.807) is 23.5 Å². The highest BCUT2D eigenvalue weighted by atomic mass is 35.5. The highest BCUT2D eigenvalue weighted by Gasteiger charge is 2.17.